The summed E-state index contributed by atoms with van der Waals surface area (Å²) in [5.74, 6) is 1.79. The van der Waals surface area contributed by atoms with Gasteiger partial charge in [-0.05, 0) is 33.1 Å². The number of nitrogens with one attached hydrogen (secondary N) is 1. The number of hydrogen-bond acceptors (Lipinski definition) is 6. The molecule has 21 heavy (non-hydrogen) atoms. The lowest BCUT2D eigenvalue weighted by molar-refractivity contribution is 0.311. The van der Waals surface area contributed by atoms with Crippen LogP contribution < -0.4 is 15.0 Å². The molecule has 0 radical (unpaired) electrons. The summed E-state index contributed by atoms with van der Waals surface area (Å²) in [7, 11) is 0. The molecule has 0 aliphatic rings. The van der Waals surface area contributed by atoms with Crippen molar-refractivity contribution in [2.75, 3.05) is 29.9 Å². The monoisotopic (exact) mass is 295 g/mol. The molecule has 0 fully saturated rings. The first-order valence-corrected chi connectivity index (χ1v) is 7.87. The van der Waals surface area contributed by atoms with Crippen molar-refractivity contribution in [3.05, 3.63) is 0 Å². The predicted molar refractivity (Wildman–Crippen MR) is 87.1 cm³/mol. The van der Waals surface area contributed by atoms with Gasteiger partial charge in [0.15, 0.2) is 0 Å². The second-order valence-corrected chi connectivity index (χ2v) is 5.74. The van der Waals surface area contributed by atoms with Gasteiger partial charge in [0.05, 0.1) is 6.61 Å². The van der Waals surface area contributed by atoms with Gasteiger partial charge < -0.3 is 15.0 Å². The zero-order chi connectivity index (χ0) is 15.8. The average molecular weight is 295 g/mol. The Balaban J connectivity index is 3.08. The molecule has 0 saturated carbocycles. The van der Waals surface area contributed by atoms with Crippen molar-refractivity contribution in [1.82, 2.24) is 15.0 Å². The highest BCUT2D eigenvalue weighted by Crippen LogP contribution is 2.18. The molecule has 1 aromatic heterocycles. The fourth-order valence-corrected chi connectivity index (χ4v) is 1.90. The van der Waals surface area contributed by atoms with Crippen LogP contribution in [0, 0.1) is 5.92 Å². The standard InChI is InChI=1S/C15H29N5O/c1-7-9-16-13-17-14(19-15(18-13)21-8-2)20(12(5)6)10-11(3)4/h11-12H,7-10H2,1-6H3,(H,16,17,18,19). The Bertz CT molecular complexity index is 423. The molecule has 0 bridgehead atoms. The zero-order valence-electron chi connectivity index (χ0n) is 14.2. The van der Waals surface area contributed by atoms with Crippen molar-refractivity contribution < 1.29 is 4.74 Å². The van der Waals surface area contributed by atoms with Crippen LogP contribution in [0.3, 0.4) is 0 Å². The van der Waals surface area contributed by atoms with Crippen LogP contribution in [-0.2, 0) is 0 Å². The first-order chi connectivity index (χ1) is 9.97. The molecule has 1 N–H and O–H groups in total. The molecule has 0 aliphatic carbocycles. The van der Waals surface area contributed by atoms with E-state index in [0.29, 0.717) is 36.5 Å². The van der Waals surface area contributed by atoms with E-state index >= 15 is 0 Å². The highest BCUT2D eigenvalue weighted by Gasteiger charge is 2.18. The maximum absolute atomic E-state index is 5.47. The molecule has 0 unspecified atom stereocenters. The molecule has 1 rings (SSSR count). The van der Waals surface area contributed by atoms with Gasteiger partial charge in [-0.15, -0.1) is 0 Å². The van der Waals surface area contributed by atoms with E-state index in [9.17, 15) is 0 Å². The summed E-state index contributed by atoms with van der Waals surface area (Å²) in [5.41, 5.74) is 0. The molecule has 0 atom stereocenters. The molecule has 0 aromatic carbocycles. The largest absolute Gasteiger partial charge is 0.464 e. The summed E-state index contributed by atoms with van der Waals surface area (Å²) >= 11 is 0. The second kappa shape index (κ2) is 8.64. The van der Waals surface area contributed by atoms with Gasteiger partial charge in [0.1, 0.15) is 0 Å². The summed E-state index contributed by atoms with van der Waals surface area (Å²) in [6, 6.07) is 0.707. The Morgan fingerprint density at radius 2 is 1.81 bits per heavy atom. The highest BCUT2D eigenvalue weighted by atomic mass is 16.5. The molecule has 1 heterocycles. The zero-order valence-corrected chi connectivity index (χ0v) is 14.2. The van der Waals surface area contributed by atoms with Crippen LogP contribution >= 0.6 is 0 Å². The predicted octanol–water partition coefficient (Wildman–Crippen LogP) is 2.96. The first-order valence-electron chi connectivity index (χ1n) is 7.87. The third-order valence-corrected chi connectivity index (χ3v) is 2.85. The van der Waals surface area contributed by atoms with Gasteiger partial charge in [-0.1, -0.05) is 20.8 Å². The minimum absolute atomic E-state index is 0.323. The molecule has 120 valence electrons. The Morgan fingerprint density at radius 1 is 1.10 bits per heavy atom. The third kappa shape index (κ3) is 5.73. The number of ether oxygens (including phenoxy) is 1. The lowest BCUT2D eigenvalue weighted by Crippen LogP contribution is -2.36. The van der Waals surface area contributed by atoms with E-state index in [0.717, 1.165) is 19.5 Å². The molecular formula is C15H29N5O. The van der Waals surface area contributed by atoms with Gasteiger partial charge in [0.25, 0.3) is 0 Å². The lowest BCUT2D eigenvalue weighted by atomic mass is 10.2. The third-order valence-electron chi connectivity index (χ3n) is 2.85. The van der Waals surface area contributed by atoms with E-state index in [1.807, 2.05) is 6.92 Å². The van der Waals surface area contributed by atoms with Crippen molar-refractivity contribution in [2.24, 2.45) is 5.92 Å². The van der Waals surface area contributed by atoms with E-state index in [2.05, 4.69) is 59.8 Å². The average Bonchev–Trinajstić information content (AvgIpc) is 2.42. The molecular weight excluding hydrogens is 266 g/mol. The molecule has 6 nitrogen and oxygen atoms in total. The van der Waals surface area contributed by atoms with E-state index in [1.54, 1.807) is 0 Å². The van der Waals surface area contributed by atoms with Gasteiger partial charge >= 0.3 is 6.01 Å². The van der Waals surface area contributed by atoms with Crippen LogP contribution in [0.15, 0.2) is 0 Å². The molecule has 0 saturated heterocycles. The number of hydrogen-bond donors (Lipinski definition) is 1. The minimum Gasteiger partial charge on any atom is -0.464 e. The van der Waals surface area contributed by atoms with Crippen molar-refractivity contribution in [2.45, 2.75) is 54.0 Å². The normalized spacial score (nSPS) is 11.0. The van der Waals surface area contributed by atoms with Crippen molar-refractivity contribution >= 4 is 11.9 Å². The fraction of sp³-hybridized carbons (Fsp3) is 0.800. The van der Waals surface area contributed by atoms with Crippen molar-refractivity contribution in [3.8, 4) is 6.01 Å². The maximum Gasteiger partial charge on any atom is 0.323 e. The van der Waals surface area contributed by atoms with E-state index in [-0.39, 0.29) is 0 Å². The van der Waals surface area contributed by atoms with Crippen LogP contribution in [0.25, 0.3) is 0 Å². The molecule has 6 heteroatoms. The molecule has 0 spiro atoms. The SMILES string of the molecule is CCCNc1nc(OCC)nc(N(CC(C)C)C(C)C)n1. The van der Waals surface area contributed by atoms with E-state index in [1.165, 1.54) is 0 Å². The van der Waals surface area contributed by atoms with Crippen LogP contribution in [0.5, 0.6) is 6.01 Å². The first kappa shape index (κ1) is 17.5. The van der Waals surface area contributed by atoms with E-state index in [4.69, 9.17) is 4.74 Å². The van der Waals surface area contributed by atoms with Crippen LogP contribution in [-0.4, -0.2) is 40.7 Å². The highest BCUT2D eigenvalue weighted by molar-refractivity contribution is 5.39. The maximum atomic E-state index is 5.47. The summed E-state index contributed by atoms with van der Waals surface area (Å²) in [5, 5.41) is 3.21. The van der Waals surface area contributed by atoms with Crippen LogP contribution in [0.1, 0.15) is 48.0 Å². The number of rotatable bonds is 9. The number of anilines is 2. The van der Waals surface area contributed by atoms with Gasteiger partial charge in [0.2, 0.25) is 11.9 Å². The summed E-state index contributed by atoms with van der Waals surface area (Å²) in [4.78, 5) is 15.5. The Hall–Kier alpha value is -1.59. The molecule has 0 aliphatic heterocycles. The minimum atomic E-state index is 0.323. The van der Waals surface area contributed by atoms with Gasteiger partial charge in [-0.25, -0.2) is 0 Å². The van der Waals surface area contributed by atoms with Crippen LogP contribution in [0.4, 0.5) is 11.9 Å². The molecule has 0 amide bonds. The quantitative estimate of drug-likeness (QED) is 0.755. The van der Waals surface area contributed by atoms with Gasteiger partial charge in [-0.3, -0.25) is 0 Å². The second-order valence-electron chi connectivity index (χ2n) is 5.74. The Labute approximate surface area is 128 Å². The Morgan fingerprint density at radius 3 is 2.33 bits per heavy atom. The Kier molecular flexibility index (Phi) is 7.19. The number of nitrogens with zero attached hydrogens (tertiary/aromatic N) is 4. The van der Waals surface area contributed by atoms with E-state index < -0.39 is 0 Å². The van der Waals surface area contributed by atoms with Gasteiger partial charge in [-0.2, -0.15) is 15.0 Å². The summed E-state index contributed by atoms with van der Waals surface area (Å²) in [6.07, 6.45) is 1.02. The molecule has 1 aromatic rings. The smallest absolute Gasteiger partial charge is 0.323 e. The lowest BCUT2D eigenvalue weighted by Gasteiger charge is -2.28. The topological polar surface area (TPSA) is 63.2 Å². The summed E-state index contributed by atoms with van der Waals surface area (Å²) in [6.45, 7) is 15.0. The number of aromatic nitrogens is 3. The van der Waals surface area contributed by atoms with Crippen molar-refractivity contribution in [1.29, 1.82) is 0 Å². The van der Waals surface area contributed by atoms with Crippen LogP contribution in [0.2, 0.25) is 0 Å². The summed E-state index contributed by atoms with van der Waals surface area (Å²) < 4.78 is 5.47. The van der Waals surface area contributed by atoms with Crippen molar-refractivity contribution in [3.63, 3.8) is 0 Å². The van der Waals surface area contributed by atoms with Gasteiger partial charge in [0, 0.05) is 19.1 Å². The fourth-order valence-electron chi connectivity index (χ4n) is 1.90.